The van der Waals surface area contributed by atoms with Gasteiger partial charge >= 0.3 is 5.97 Å². The lowest BCUT2D eigenvalue weighted by Crippen LogP contribution is -2.43. The predicted molar refractivity (Wildman–Crippen MR) is 100 cm³/mol. The first kappa shape index (κ1) is 17.8. The van der Waals surface area contributed by atoms with Gasteiger partial charge in [-0.3, -0.25) is 4.79 Å². The molecular formula is C19H18ClNO3S. The molecule has 0 spiro atoms. The number of carbonyl (C=O) groups is 2. The molecule has 3 rings (SSSR count). The molecule has 0 unspecified atom stereocenters. The highest BCUT2D eigenvalue weighted by Crippen LogP contribution is 2.28. The van der Waals surface area contributed by atoms with E-state index in [1.54, 1.807) is 40.9 Å². The Morgan fingerprint density at radius 3 is 2.44 bits per heavy atom. The van der Waals surface area contributed by atoms with E-state index in [0.29, 0.717) is 28.0 Å². The molecule has 0 aliphatic carbocycles. The van der Waals surface area contributed by atoms with E-state index in [0.717, 1.165) is 11.1 Å². The fourth-order valence-corrected chi connectivity index (χ4v) is 3.98. The Labute approximate surface area is 156 Å². The van der Waals surface area contributed by atoms with E-state index in [-0.39, 0.29) is 5.91 Å². The summed E-state index contributed by atoms with van der Waals surface area (Å²) in [5, 5.41) is 0.664. The topological polar surface area (TPSA) is 46.6 Å². The third-order valence-corrected chi connectivity index (χ3v) is 5.67. The van der Waals surface area contributed by atoms with Crippen LogP contribution in [0, 0.1) is 13.8 Å². The maximum Gasteiger partial charge on any atom is 0.335 e. The van der Waals surface area contributed by atoms with Crippen LogP contribution in [-0.4, -0.2) is 34.4 Å². The van der Waals surface area contributed by atoms with Gasteiger partial charge in [0.2, 0.25) is 0 Å². The third-order valence-electron chi connectivity index (χ3n) is 4.06. The van der Waals surface area contributed by atoms with Gasteiger partial charge < -0.3 is 9.64 Å². The maximum atomic E-state index is 12.7. The van der Waals surface area contributed by atoms with E-state index in [1.807, 2.05) is 32.0 Å². The minimum absolute atomic E-state index is 0.156. The Morgan fingerprint density at radius 2 is 1.80 bits per heavy atom. The van der Waals surface area contributed by atoms with Crippen molar-refractivity contribution in [3.63, 3.8) is 0 Å². The van der Waals surface area contributed by atoms with Gasteiger partial charge in [-0.15, -0.1) is 11.8 Å². The average Bonchev–Trinajstić information content (AvgIpc) is 3.09. The number of hydrogen-bond acceptors (Lipinski definition) is 4. The molecule has 1 saturated heterocycles. The number of esters is 1. The Morgan fingerprint density at radius 1 is 1.16 bits per heavy atom. The van der Waals surface area contributed by atoms with Crippen molar-refractivity contribution in [3.05, 3.63) is 64.2 Å². The van der Waals surface area contributed by atoms with E-state index >= 15 is 0 Å². The maximum absolute atomic E-state index is 12.7. The number of rotatable bonds is 3. The quantitative estimate of drug-likeness (QED) is 0.599. The van der Waals surface area contributed by atoms with Crippen LogP contribution in [0.25, 0.3) is 0 Å². The fraction of sp³-hybridized carbons (Fsp3) is 0.263. The number of amides is 1. The van der Waals surface area contributed by atoms with Crippen LogP contribution in [0.1, 0.15) is 21.5 Å². The average molecular weight is 376 g/mol. The normalized spacial score (nSPS) is 16.8. The molecule has 2 aromatic rings. The molecule has 0 N–H and O–H groups in total. The first-order chi connectivity index (χ1) is 12.0. The Bertz CT molecular complexity index is 787. The highest BCUT2D eigenvalue weighted by Gasteiger charge is 2.36. The van der Waals surface area contributed by atoms with Crippen LogP contribution in [0.3, 0.4) is 0 Å². The van der Waals surface area contributed by atoms with Gasteiger partial charge in [0, 0.05) is 16.3 Å². The molecule has 2 aromatic carbocycles. The summed E-state index contributed by atoms with van der Waals surface area (Å²) in [6, 6.07) is 11.9. The van der Waals surface area contributed by atoms with Gasteiger partial charge in [-0.1, -0.05) is 29.8 Å². The first-order valence-electron chi connectivity index (χ1n) is 7.89. The smallest absolute Gasteiger partial charge is 0.335 e. The second-order valence-corrected chi connectivity index (χ2v) is 7.33. The van der Waals surface area contributed by atoms with Gasteiger partial charge in [0.15, 0.2) is 0 Å². The number of carbonyl (C=O) groups excluding carboxylic acids is 2. The summed E-state index contributed by atoms with van der Waals surface area (Å²) in [4.78, 5) is 26.8. The minimum atomic E-state index is -0.589. The van der Waals surface area contributed by atoms with Gasteiger partial charge in [0.1, 0.15) is 11.8 Å². The van der Waals surface area contributed by atoms with Gasteiger partial charge in [-0.2, -0.15) is 0 Å². The largest absolute Gasteiger partial charge is 0.425 e. The van der Waals surface area contributed by atoms with E-state index in [4.69, 9.17) is 16.3 Å². The predicted octanol–water partition coefficient (Wildman–Crippen LogP) is 4.08. The van der Waals surface area contributed by atoms with Crippen LogP contribution >= 0.6 is 23.4 Å². The highest BCUT2D eigenvalue weighted by atomic mass is 35.5. The van der Waals surface area contributed by atoms with Gasteiger partial charge in [0.25, 0.3) is 5.91 Å². The fourth-order valence-electron chi connectivity index (χ4n) is 2.73. The van der Waals surface area contributed by atoms with E-state index in [9.17, 15) is 9.59 Å². The summed E-state index contributed by atoms with van der Waals surface area (Å²) in [7, 11) is 0. The molecule has 0 radical (unpaired) electrons. The number of ether oxygens (including phenoxy) is 1. The first-order valence-corrected chi connectivity index (χ1v) is 9.43. The highest BCUT2D eigenvalue weighted by molar-refractivity contribution is 7.99. The summed E-state index contributed by atoms with van der Waals surface area (Å²) < 4.78 is 5.53. The Hall–Kier alpha value is -1.98. The molecule has 1 aliphatic heterocycles. The molecular weight excluding hydrogens is 358 g/mol. The van der Waals surface area contributed by atoms with E-state index in [1.165, 1.54) is 0 Å². The van der Waals surface area contributed by atoms with Crippen LogP contribution in [0.2, 0.25) is 5.02 Å². The Kier molecular flexibility index (Phi) is 5.35. The second kappa shape index (κ2) is 7.50. The lowest BCUT2D eigenvalue weighted by molar-refractivity contribution is -0.138. The van der Waals surface area contributed by atoms with E-state index in [2.05, 4.69) is 0 Å². The molecule has 0 saturated carbocycles. The van der Waals surface area contributed by atoms with Crippen molar-refractivity contribution in [2.45, 2.75) is 19.9 Å². The molecule has 4 nitrogen and oxygen atoms in total. The van der Waals surface area contributed by atoms with Crippen LogP contribution in [0.15, 0.2) is 42.5 Å². The van der Waals surface area contributed by atoms with E-state index < -0.39 is 12.0 Å². The standard InChI is InChI=1S/C19H18ClNO3S/c1-12-8-15(9-13(2)17(12)20)24-19(23)16-10-25-11-21(16)18(22)14-6-4-3-5-7-14/h3-9,16H,10-11H2,1-2H3/t16-/m0/s1. The van der Waals surface area contributed by atoms with Crippen molar-refractivity contribution in [3.8, 4) is 5.75 Å². The summed E-state index contributed by atoms with van der Waals surface area (Å²) in [5.74, 6) is 0.884. The van der Waals surface area contributed by atoms with Crippen molar-refractivity contribution in [1.82, 2.24) is 4.90 Å². The molecule has 1 heterocycles. The molecule has 1 fully saturated rings. The van der Waals surface area contributed by atoms with Crippen LogP contribution < -0.4 is 4.74 Å². The molecule has 130 valence electrons. The van der Waals surface area contributed by atoms with Gasteiger partial charge in [-0.05, 0) is 49.2 Å². The Balaban J connectivity index is 1.76. The molecule has 0 aromatic heterocycles. The molecule has 1 amide bonds. The van der Waals surface area contributed by atoms with Gasteiger partial charge in [-0.25, -0.2) is 4.79 Å². The summed E-state index contributed by atoms with van der Waals surface area (Å²) in [6.07, 6.45) is 0. The lowest BCUT2D eigenvalue weighted by atomic mass is 10.1. The molecule has 1 aliphatic rings. The number of thioether (sulfide) groups is 1. The molecule has 6 heteroatoms. The SMILES string of the molecule is Cc1cc(OC(=O)[C@@H]2CSCN2C(=O)c2ccccc2)cc(C)c1Cl. The number of aryl methyl sites for hydroxylation is 2. The molecule has 0 bridgehead atoms. The zero-order valence-corrected chi connectivity index (χ0v) is 15.6. The molecule has 1 atom stereocenters. The third kappa shape index (κ3) is 3.83. The van der Waals surface area contributed by atoms with Crippen molar-refractivity contribution < 1.29 is 14.3 Å². The van der Waals surface area contributed by atoms with Crippen LogP contribution in [0.4, 0.5) is 0 Å². The van der Waals surface area contributed by atoms with Crippen molar-refractivity contribution >= 4 is 35.2 Å². The van der Waals surface area contributed by atoms with Crippen LogP contribution in [-0.2, 0) is 4.79 Å². The van der Waals surface area contributed by atoms with Crippen molar-refractivity contribution in [2.24, 2.45) is 0 Å². The zero-order valence-electron chi connectivity index (χ0n) is 14.0. The number of benzene rings is 2. The van der Waals surface area contributed by atoms with Crippen LogP contribution in [0.5, 0.6) is 5.75 Å². The minimum Gasteiger partial charge on any atom is -0.425 e. The zero-order chi connectivity index (χ0) is 18.0. The second-order valence-electron chi connectivity index (χ2n) is 5.95. The number of hydrogen-bond donors (Lipinski definition) is 0. The number of halogens is 1. The number of nitrogens with zero attached hydrogens (tertiary/aromatic N) is 1. The summed E-state index contributed by atoms with van der Waals surface area (Å²) in [6.45, 7) is 3.73. The van der Waals surface area contributed by atoms with Gasteiger partial charge in [0.05, 0.1) is 5.88 Å². The van der Waals surface area contributed by atoms with Crippen molar-refractivity contribution in [2.75, 3.05) is 11.6 Å². The summed E-state index contributed by atoms with van der Waals surface area (Å²) >= 11 is 7.69. The monoisotopic (exact) mass is 375 g/mol. The lowest BCUT2D eigenvalue weighted by Gasteiger charge is -2.22. The summed E-state index contributed by atoms with van der Waals surface area (Å²) in [5.41, 5.74) is 2.27. The van der Waals surface area contributed by atoms with Crippen molar-refractivity contribution in [1.29, 1.82) is 0 Å². The molecule has 25 heavy (non-hydrogen) atoms.